The third kappa shape index (κ3) is 7.00. The summed E-state index contributed by atoms with van der Waals surface area (Å²) in [5, 5.41) is 2.97. The summed E-state index contributed by atoms with van der Waals surface area (Å²) in [5.41, 5.74) is 8.46. The molecule has 1 atom stereocenters. The normalized spacial score (nSPS) is 16.8. The van der Waals surface area contributed by atoms with E-state index in [9.17, 15) is 4.79 Å². The van der Waals surface area contributed by atoms with E-state index in [1.165, 1.54) is 31.5 Å². The number of nitrogens with zero attached hydrogens (tertiary/aromatic N) is 1. The van der Waals surface area contributed by atoms with Gasteiger partial charge in [0.25, 0.3) is 0 Å². The number of hydrogen-bond acceptors (Lipinski definition) is 3. The van der Waals surface area contributed by atoms with Crippen LogP contribution >= 0.6 is 24.8 Å². The molecule has 29 heavy (non-hydrogen) atoms. The summed E-state index contributed by atoms with van der Waals surface area (Å²) in [6.45, 7) is 7.96. The first-order chi connectivity index (χ1) is 12.9. The highest BCUT2D eigenvalue weighted by Crippen LogP contribution is 2.19. The number of hydrogen-bond donors (Lipinski definition) is 2. The molecule has 0 aliphatic carbocycles. The second-order valence-electron chi connectivity index (χ2n) is 8.03. The first-order valence-electron chi connectivity index (χ1n) is 9.88. The van der Waals surface area contributed by atoms with Crippen molar-refractivity contribution in [3.63, 3.8) is 0 Å². The zero-order valence-corrected chi connectivity index (χ0v) is 18.9. The molecule has 1 aliphatic rings. The molecular formula is C23H33Cl2N3O. The van der Waals surface area contributed by atoms with Gasteiger partial charge in [0.2, 0.25) is 5.91 Å². The van der Waals surface area contributed by atoms with Crippen LogP contribution in [0.2, 0.25) is 0 Å². The van der Waals surface area contributed by atoms with Gasteiger partial charge in [-0.05, 0) is 55.5 Å². The summed E-state index contributed by atoms with van der Waals surface area (Å²) in [5.74, 6) is 0.691. The van der Waals surface area contributed by atoms with Crippen LogP contribution in [-0.4, -0.2) is 23.9 Å². The van der Waals surface area contributed by atoms with E-state index in [2.05, 4.69) is 41.4 Å². The second-order valence-corrected chi connectivity index (χ2v) is 8.03. The molecule has 0 radical (unpaired) electrons. The Morgan fingerprint density at radius 3 is 2.17 bits per heavy atom. The van der Waals surface area contributed by atoms with Crippen molar-refractivity contribution in [3.05, 3.63) is 71.3 Å². The molecule has 2 aromatic rings. The minimum atomic E-state index is -1.04. The van der Waals surface area contributed by atoms with E-state index >= 15 is 0 Å². The maximum absolute atomic E-state index is 12.6. The van der Waals surface area contributed by atoms with E-state index in [1.54, 1.807) is 6.92 Å². The van der Waals surface area contributed by atoms with E-state index in [0.29, 0.717) is 6.54 Å². The van der Waals surface area contributed by atoms with Crippen LogP contribution in [0, 0.1) is 5.92 Å². The Hall–Kier alpha value is -1.59. The molecule has 1 fully saturated rings. The lowest BCUT2D eigenvalue weighted by Crippen LogP contribution is -2.48. The lowest BCUT2D eigenvalue weighted by Gasteiger charge is -2.30. The summed E-state index contributed by atoms with van der Waals surface area (Å²) in [6, 6.07) is 18.0. The fourth-order valence-corrected chi connectivity index (χ4v) is 3.52. The first-order valence-corrected chi connectivity index (χ1v) is 9.88. The van der Waals surface area contributed by atoms with Gasteiger partial charge in [0, 0.05) is 13.1 Å². The van der Waals surface area contributed by atoms with Crippen molar-refractivity contribution in [1.29, 1.82) is 0 Å². The molecule has 2 aromatic carbocycles. The fraction of sp³-hybridized carbons (Fsp3) is 0.435. The van der Waals surface area contributed by atoms with Crippen LogP contribution in [0.15, 0.2) is 54.6 Å². The smallest absolute Gasteiger partial charge is 0.244 e. The molecule has 1 saturated heterocycles. The SMILES string of the molecule is CC1CCN(Cc2ccc(CNC(=O)C(C)(N)c3ccccc3)cc2)CC1.Cl.Cl. The number of piperidine rings is 1. The second kappa shape index (κ2) is 11.6. The predicted octanol–water partition coefficient (Wildman–Crippen LogP) is 4.25. The first kappa shape index (κ1) is 25.4. The third-order valence-corrected chi connectivity index (χ3v) is 5.60. The van der Waals surface area contributed by atoms with Gasteiger partial charge in [-0.3, -0.25) is 9.69 Å². The molecule has 1 unspecified atom stereocenters. The lowest BCUT2D eigenvalue weighted by molar-refractivity contribution is -0.126. The molecule has 6 heteroatoms. The Labute approximate surface area is 187 Å². The monoisotopic (exact) mass is 437 g/mol. The van der Waals surface area contributed by atoms with Gasteiger partial charge in [0.15, 0.2) is 0 Å². The summed E-state index contributed by atoms with van der Waals surface area (Å²) in [7, 11) is 0. The average Bonchev–Trinajstić information content (AvgIpc) is 2.69. The molecule has 0 saturated carbocycles. The van der Waals surface area contributed by atoms with Crippen molar-refractivity contribution >= 4 is 30.7 Å². The zero-order chi connectivity index (χ0) is 19.3. The van der Waals surface area contributed by atoms with Crippen molar-refractivity contribution in [2.75, 3.05) is 13.1 Å². The Bertz CT molecular complexity index is 742. The van der Waals surface area contributed by atoms with Gasteiger partial charge < -0.3 is 11.1 Å². The van der Waals surface area contributed by atoms with E-state index < -0.39 is 5.54 Å². The number of amides is 1. The van der Waals surface area contributed by atoms with Gasteiger partial charge in [-0.15, -0.1) is 24.8 Å². The van der Waals surface area contributed by atoms with E-state index in [4.69, 9.17) is 5.73 Å². The number of likely N-dealkylation sites (tertiary alicyclic amines) is 1. The Kier molecular flexibility index (Phi) is 10.1. The van der Waals surface area contributed by atoms with Gasteiger partial charge in [-0.1, -0.05) is 61.5 Å². The van der Waals surface area contributed by atoms with E-state index in [1.807, 2.05) is 30.3 Å². The highest BCUT2D eigenvalue weighted by atomic mass is 35.5. The maximum Gasteiger partial charge on any atom is 0.244 e. The summed E-state index contributed by atoms with van der Waals surface area (Å²) in [6.07, 6.45) is 2.59. The van der Waals surface area contributed by atoms with Gasteiger partial charge in [0.05, 0.1) is 0 Å². The fourth-order valence-electron chi connectivity index (χ4n) is 3.52. The van der Waals surface area contributed by atoms with Crippen LogP contribution in [0.3, 0.4) is 0 Å². The van der Waals surface area contributed by atoms with Gasteiger partial charge in [-0.2, -0.15) is 0 Å². The van der Waals surface area contributed by atoms with Crippen molar-refractivity contribution < 1.29 is 4.79 Å². The highest BCUT2D eigenvalue weighted by Gasteiger charge is 2.29. The van der Waals surface area contributed by atoms with Crippen molar-refractivity contribution in [2.45, 2.75) is 45.3 Å². The van der Waals surface area contributed by atoms with E-state index in [0.717, 1.165) is 23.6 Å². The summed E-state index contributed by atoms with van der Waals surface area (Å²) < 4.78 is 0. The molecule has 3 rings (SSSR count). The number of benzene rings is 2. The molecule has 4 nitrogen and oxygen atoms in total. The van der Waals surface area contributed by atoms with Crippen molar-refractivity contribution in [1.82, 2.24) is 10.2 Å². The standard InChI is InChI=1S/C23H31N3O.2ClH/c1-18-12-14-26(15-13-18)17-20-10-8-19(9-11-20)16-25-22(27)23(2,24)21-6-4-3-5-7-21;;/h3-11,18H,12-17,24H2,1-2H3,(H,25,27);2*1H. The number of carbonyl (C=O) groups excluding carboxylic acids is 1. The van der Waals surface area contributed by atoms with Crippen molar-refractivity contribution in [3.8, 4) is 0 Å². The van der Waals surface area contributed by atoms with Crippen molar-refractivity contribution in [2.24, 2.45) is 11.7 Å². The minimum Gasteiger partial charge on any atom is -0.350 e. The lowest BCUT2D eigenvalue weighted by atomic mass is 9.92. The Morgan fingerprint density at radius 2 is 1.59 bits per heavy atom. The van der Waals surface area contributed by atoms with Crippen LogP contribution < -0.4 is 11.1 Å². The highest BCUT2D eigenvalue weighted by molar-refractivity contribution is 5.87. The number of nitrogens with one attached hydrogen (secondary N) is 1. The molecule has 1 amide bonds. The molecule has 160 valence electrons. The molecule has 0 spiro atoms. The van der Waals surface area contributed by atoms with Crippen LogP contribution in [0.4, 0.5) is 0 Å². The maximum atomic E-state index is 12.6. The van der Waals surface area contributed by atoms with Gasteiger partial charge in [-0.25, -0.2) is 0 Å². The average molecular weight is 438 g/mol. The van der Waals surface area contributed by atoms with E-state index in [-0.39, 0.29) is 30.7 Å². The predicted molar refractivity (Wildman–Crippen MR) is 124 cm³/mol. The van der Waals surface area contributed by atoms with Crippen LogP contribution in [0.5, 0.6) is 0 Å². The quantitative estimate of drug-likeness (QED) is 0.709. The summed E-state index contributed by atoms with van der Waals surface area (Å²) in [4.78, 5) is 15.1. The van der Waals surface area contributed by atoms with Crippen LogP contribution in [0.25, 0.3) is 0 Å². The summed E-state index contributed by atoms with van der Waals surface area (Å²) >= 11 is 0. The molecule has 0 bridgehead atoms. The number of carbonyl (C=O) groups is 1. The minimum absolute atomic E-state index is 0. The zero-order valence-electron chi connectivity index (χ0n) is 17.3. The molecule has 3 N–H and O–H groups in total. The molecular weight excluding hydrogens is 405 g/mol. The van der Waals surface area contributed by atoms with Gasteiger partial charge in [0.1, 0.15) is 5.54 Å². The third-order valence-electron chi connectivity index (χ3n) is 5.60. The molecule has 1 aliphatic heterocycles. The largest absolute Gasteiger partial charge is 0.350 e. The van der Waals surface area contributed by atoms with Crippen LogP contribution in [-0.2, 0) is 23.4 Å². The van der Waals surface area contributed by atoms with Crippen LogP contribution in [0.1, 0.15) is 43.4 Å². The number of halogens is 2. The number of rotatable bonds is 6. The molecule has 1 heterocycles. The Morgan fingerprint density at radius 1 is 1.03 bits per heavy atom. The number of nitrogens with two attached hydrogens (primary N) is 1. The molecule has 0 aromatic heterocycles. The topological polar surface area (TPSA) is 58.4 Å². The Balaban J connectivity index is 0.00000210. The van der Waals surface area contributed by atoms with Gasteiger partial charge >= 0.3 is 0 Å².